The van der Waals surface area contributed by atoms with E-state index in [0.29, 0.717) is 0 Å². The first-order valence-corrected chi connectivity index (χ1v) is 18.0. The molecule has 3 aliphatic rings. The molecule has 0 heterocycles. The highest BCUT2D eigenvalue weighted by Crippen LogP contribution is 2.37. The summed E-state index contributed by atoms with van der Waals surface area (Å²) in [6.45, 7) is 14.0. The summed E-state index contributed by atoms with van der Waals surface area (Å²) in [5.74, 6) is 3.79. The topological polar surface area (TPSA) is 50.4 Å². The van der Waals surface area contributed by atoms with Gasteiger partial charge in [0.2, 0.25) is 0 Å². The molecule has 4 heteroatoms. The summed E-state index contributed by atoms with van der Waals surface area (Å²) in [5.41, 5.74) is 1.91. The van der Waals surface area contributed by atoms with Crippen LogP contribution in [0.1, 0.15) is 165 Å². The Balaban J connectivity index is -0.000000582. The first-order chi connectivity index (χ1) is 21.1. The van der Waals surface area contributed by atoms with E-state index in [4.69, 9.17) is 4.74 Å². The van der Waals surface area contributed by atoms with Crippen molar-refractivity contribution in [3.8, 4) is 11.5 Å². The van der Waals surface area contributed by atoms with Gasteiger partial charge >= 0.3 is 6.03 Å². The Hall–Kier alpha value is -2.49. The SMILES string of the molecule is C.C.C1CCC(C2CCCCC2)CC1.C1CCCCC1.CC.CC.CC.CNC(=O)Nc1ccc(Oc2ccc(C)cc2)cc1. The lowest BCUT2D eigenvalue weighted by molar-refractivity contribution is 0.196. The van der Waals surface area contributed by atoms with Crippen LogP contribution in [0.15, 0.2) is 48.5 Å². The van der Waals surface area contributed by atoms with Crippen molar-refractivity contribution in [2.75, 3.05) is 12.4 Å². The van der Waals surface area contributed by atoms with E-state index in [1.807, 2.05) is 84.9 Å². The van der Waals surface area contributed by atoms with Gasteiger partial charge < -0.3 is 15.4 Å². The van der Waals surface area contributed by atoms with Crippen molar-refractivity contribution in [2.24, 2.45) is 11.8 Å². The Morgan fingerprint density at radius 3 is 1.20 bits per heavy atom. The van der Waals surface area contributed by atoms with E-state index in [0.717, 1.165) is 29.0 Å². The number of nitrogens with one attached hydrogen (secondary N) is 2. The summed E-state index contributed by atoms with van der Waals surface area (Å²) in [6.07, 6.45) is 24.4. The molecule has 0 radical (unpaired) electrons. The van der Waals surface area contributed by atoms with Crippen LogP contribution in [-0.2, 0) is 0 Å². The van der Waals surface area contributed by atoms with E-state index in [9.17, 15) is 4.79 Å². The number of carbonyl (C=O) groups excluding carboxylic acids is 1. The van der Waals surface area contributed by atoms with Crippen molar-refractivity contribution < 1.29 is 9.53 Å². The molecule has 3 aliphatic carbocycles. The van der Waals surface area contributed by atoms with Crippen LogP contribution in [0.4, 0.5) is 10.5 Å². The van der Waals surface area contributed by atoms with Crippen molar-refractivity contribution in [3.05, 3.63) is 54.1 Å². The molecule has 0 spiro atoms. The van der Waals surface area contributed by atoms with Gasteiger partial charge in [-0.25, -0.2) is 4.79 Å². The zero-order valence-electron chi connectivity index (χ0n) is 29.4. The van der Waals surface area contributed by atoms with Gasteiger partial charge in [-0.1, -0.05) is 177 Å². The third kappa shape index (κ3) is 22.6. The lowest BCUT2D eigenvalue weighted by atomic mass is 9.73. The van der Waals surface area contributed by atoms with Crippen molar-refractivity contribution in [1.82, 2.24) is 5.32 Å². The molecule has 5 rings (SSSR count). The maximum Gasteiger partial charge on any atom is 0.318 e. The Morgan fingerprint density at radius 1 is 0.556 bits per heavy atom. The van der Waals surface area contributed by atoms with Crippen LogP contribution in [0.2, 0.25) is 0 Å². The fraction of sp³-hybridized carbons (Fsp3) is 0.683. The van der Waals surface area contributed by atoms with Crippen LogP contribution in [0.25, 0.3) is 0 Å². The third-order valence-electron chi connectivity index (χ3n) is 8.06. The van der Waals surface area contributed by atoms with Crippen LogP contribution in [0, 0.1) is 18.8 Å². The molecule has 2 aromatic rings. The molecular weight excluding hydrogens is 552 g/mol. The van der Waals surface area contributed by atoms with E-state index in [1.165, 1.54) is 82.6 Å². The minimum absolute atomic E-state index is 0. The molecule has 0 aromatic heterocycles. The highest BCUT2D eigenvalue weighted by atomic mass is 16.5. The van der Waals surface area contributed by atoms with Gasteiger partial charge in [0.05, 0.1) is 0 Å². The number of amides is 2. The summed E-state index contributed by atoms with van der Waals surface area (Å²) < 4.78 is 5.69. The molecule has 262 valence electrons. The fourth-order valence-electron chi connectivity index (χ4n) is 5.81. The van der Waals surface area contributed by atoms with E-state index in [1.54, 1.807) is 44.9 Å². The largest absolute Gasteiger partial charge is 0.457 e. The van der Waals surface area contributed by atoms with Crippen molar-refractivity contribution in [3.63, 3.8) is 0 Å². The molecule has 0 saturated heterocycles. The number of ether oxygens (including phenoxy) is 1. The van der Waals surface area contributed by atoms with E-state index in [-0.39, 0.29) is 20.9 Å². The zero-order valence-corrected chi connectivity index (χ0v) is 29.4. The van der Waals surface area contributed by atoms with Crippen molar-refractivity contribution >= 4 is 11.7 Å². The molecule has 3 saturated carbocycles. The molecule has 45 heavy (non-hydrogen) atoms. The number of urea groups is 1. The second kappa shape index (κ2) is 32.9. The number of hydrogen-bond donors (Lipinski definition) is 2. The van der Waals surface area contributed by atoms with Crippen molar-refractivity contribution in [2.45, 2.75) is 166 Å². The Kier molecular flexibility index (Phi) is 34.3. The van der Waals surface area contributed by atoms with Gasteiger partial charge in [0.1, 0.15) is 11.5 Å². The van der Waals surface area contributed by atoms with Crippen LogP contribution in [-0.4, -0.2) is 13.1 Å². The van der Waals surface area contributed by atoms with Gasteiger partial charge in [0.15, 0.2) is 0 Å². The molecule has 0 unspecified atom stereocenters. The predicted molar refractivity (Wildman–Crippen MR) is 204 cm³/mol. The predicted octanol–water partition coefficient (Wildman–Crippen LogP) is 14.4. The minimum atomic E-state index is -0.243. The molecule has 0 bridgehead atoms. The number of rotatable bonds is 4. The molecule has 2 N–H and O–H groups in total. The zero-order chi connectivity index (χ0) is 32.1. The molecule has 2 amide bonds. The van der Waals surface area contributed by atoms with Crippen LogP contribution < -0.4 is 15.4 Å². The first-order valence-electron chi connectivity index (χ1n) is 18.0. The standard InChI is InChI=1S/C15H16N2O2.C12H22.C6H12.3C2H6.2CH4/c1-11-3-7-13(8-4-11)19-14-9-5-12(6-10-14)17-15(18)16-2;1-3-7-11(8-4-1)12-9-5-2-6-10-12;1-2-4-6-5-3-1;3*1-2;;/h3-10H,1-2H3,(H2,16,17,18);11-12H,1-10H2;1-6H2;3*1-2H3;2*1H4. The Bertz CT molecular complexity index is 836. The molecule has 4 nitrogen and oxygen atoms in total. The van der Waals surface area contributed by atoms with Gasteiger partial charge in [0, 0.05) is 12.7 Å². The second-order valence-corrected chi connectivity index (χ2v) is 11.1. The number of anilines is 1. The van der Waals surface area contributed by atoms with Crippen LogP contribution in [0.5, 0.6) is 11.5 Å². The lowest BCUT2D eigenvalue weighted by Crippen LogP contribution is -2.24. The smallest absolute Gasteiger partial charge is 0.318 e. The average molecular weight is 629 g/mol. The lowest BCUT2D eigenvalue weighted by Gasteiger charge is -2.32. The number of aryl methyl sites for hydroxylation is 1. The van der Waals surface area contributed by atoms with E-state index in [2.05, 4.69) is 10.6 Å². The Morgan fingerprint density at radius 2 is 0.867 bits per heavy atom. The molecule has 0 atom stereocenters. The number of carbonyl (C=O) groups is 1. The van der Waals surface area contributed by atoms with Gasteiger partial charge in [0.25, 0.3) is 0 Å². The van der Waals surface area contributed by atoms with Gasteiger partial charge in [-0.05, 0) is 55.2 Å². The maximum atomic E-state index is 11.1. The Labute approximate surface area is 281 Å². The summed E-state index contributed by atoms with van der Waals surface area (Å²) in [5, 5.41) is 5.18. The third-order valence-corrected chi connectivity index (χ3v) is 8.06. The van der Waals surface area contributed by atoms with Gasteiger partial charge in [-0.3, -0.25) is 0 Å². The monoisotopic (exact) mass is 629 g/mol. The summed E-state index contributed by atoms with van der Waals surface area (Å²) >= 11 is 0. The highest BCUT2D eigenvalue weighted by molar-refractivity contribution is 5.88. The highest BCUT2D eigenvalue weighted by Gasteiger charge is 2.24. The summed E-state index contributed by atoms with van der Waals surface area (Å²) in [6, 6.07) is 14.8. The molecular formula is C41H76N2O2. The van der Waals surface area contributed by atoms with Gasteiger partial charge in [-0.15, -0.1) is 0 Å². The normalized spacial score (nSPS) is 15.5. The average Bonchev–Trinajstić information content (AvgIpc) is 3.11. The van der Waals surface area contributed by atoms with E-state index < -0.39 is 0 Å². The number of hydrogen-bond acceptors (Lipinski definition) is 2. The molecule has 3 fully saturated rings. The van der Waals surface area contributed by atoms with E-state index >= 15 is 0 Å². The molecule has 2 aromatic carbocycles. The van der Waals surface area contributed by atoms with Crippen LogP contribution >= 0.6 is 0 Å². The van der Waals surface area contributed by atoms with Gasteiger partial charge in [-0.2, -0.15) is 0 Å². The quantitative estimate of drug-likeness (QED) is 0.354. The summed E-state index contributed by atoms with van der Waals surface area (Å²) in [7, 11) is 1.57. The summed E-state index contributed by atoms with van der Waals surface area (Å²) in [4.78, 5) is 11.1. The van der Waals surface area contributed by atoms with Crippen molar-refractivity contribution in [1.29, 1.82) is 0 Å². The first kappa shape index (κ1) is 46.9. The fourth-order valence-corrected chi connectivity index (χ4v) is 5.81. The number of benzene rings is 2. The van der Waals surface area contributed by atoms with Crippen LogP contribution in [0.3, 0.4) is 0 Å². The minimum Gasteiger partial charge on any atom is -0.457 e. The second-order valence-electron chi connectivity index (χ2n) is 11.1. The maximum absolute atomic E-state index is 11.1. The molecule has 0 aliphatic heterocycles.